The Morgan fingerprint density at radius 2 is 1.78 bits per heavy atom. The Bertz CT molecular complexity index is 1280. The third kappa shape index (κ3) is 3.94. The van der Waals surface area contributed by atoms with Gasteiger partial charge in [-0.1, -0.05) is 25.1 Å². The van der Waals surface area contributed by atoms with Gasteiger partial charge in [0, 0.05) is 30.7 Å². The van der Waals surface area contributed by atoms with E-state index in [0.717, 1.165) is 6.42 Å². The van der Waals surface area contributed by atoms with Crippen LogP contribution in [0.15, 0.2) is 65.7 Å². The Hall–Kier alpha value is -4.07. The quantitative estimate of drug-likeness (QED) is 0.480. The van der Waals surface area contributed by atoms with Crippen molar-refractivity contribution in [3.63, 3.8) is 0 Å². The van der Waals surface area contributed by atoms with E-state index in [0.29, 0.717) is 46.2 Å². The Labute approximate surface area is 185 Å². The van der Waals surface area contributed by atoms with E-state index in [2.05, 4.69) is 10.4 Å². The van der Waals surface area contributed by atoms with Gasteiger partial charge in [-0.25, -0.2) is 0 Å². The SMILES string of the molecule is CCCn1cc(C(=O)Nc2ccc(OC)c(OC)c2)c2nn(-c3ccccc3)c(=O)c-2c1. The van der Waals surface area contributed by atoms with Gasteiger partial charge in [-0.15, -0.1) is 0 Å². The van der Waals surface area contributed by atoms with Crippen LogP contribution < -0.4 is 20.3 Å². The van der Waals surface area contributed by atoms with Gasteiger partial charge in [-0.05, 0) is 30.7 Å². The highest BCUT2D eigenvalue weighted by Gasteiger charge is 2.24. The molecule has 0 atom stereocenters. The molecule has 0 fully saturated rings. The third-order valence-electron chi connectivity index (χ3n) is 5.09. The van der Waals surface area contributed by atoms with Crippen LogP contribution in [0.5, 0.6) is 11.5 Å². The number of amides is 1. The van der Waals surface area contributed by atoms with Crippen molar-refractivity contribution in [2.45, 2.75) is 19.9 Å². The summed E-state index contributed by atoms with van der Waals surface area (Å²) in [6, 6.07) is 14.3. The van der Waals surface area contributed by atoms with E-state index >= 15 is 0 Å². The maximum Gasteiger partial charge on any atom is 0.282 e. The lowest BCUT2D eigenvalue weighted by atomic mass is 10.1. The number of fused-ring (bicyclic) bond motifs is 1. The van der Waals surface area contributed by atoms with Crippen molar-refractivity contribution < 1.29 is 14.3 Å². The van der Waals surface area contributed by atoms with Crippen LogP contribution in [0.25, 0.3) is 16.9 Å². The van der Waals surface area contributed by atoms with Crippen LogP contribution in [0.4, 0.5) is 5.69 Å². The largest absolute Gasteiger partial charge is 0.493 e. The summed E-state index contributed by atoms with van der Waals surface area (Å²) >= 11 is 0. The number of nitrogens with one attached hydrogen (secondary N) is 1. The number of rotatable bonds is 7. The predicted molar refractivity (Wildman–Crippen MR) is 122 cm³/mol. The number of hydrogen-bond acceptors (Lipinski definition) is 5. The highest BCUT2D eigenvalue weighted by molar-refractivity contribution is 6.08. The molecular weight excluding hydrogens is 408 g/mol. The van der Waals surface area contributed by atoms with E-state index < -0.39 is 0 Å². The highest BCUT2D eigenvalue weighted by Crippen LogP contribution is 2.30. The number of methoxy groups -OCH3 is 2. The standard InChI is InChI=1S/C24H24N4O4/c1-4-12-27-14-18(23(29)25-16-10-11-20(31-2)21(13-16)32-3)22-19(15-27)24(30)28(26-22)17-8-6-5-7-9-17/h5-11,13-15H,4,12H2,1-3H3,(H,25,29). The van der Waals surface area contributed by atoms with E-state index in [4.69, 9.17) is 9.47 Å². The lowest BCUT2D eigenvalue weighted by Crippen LogP contribution is -2.17. The molecule has 164 valence electrons. The average molecular weight is 432 g/mol. The lowest BCUT2D eigenvalue weighted by Gasteiger charge is -2.13. The molecule has 0 saturated heterocycles. The van der Waals surface area contributed by atoms with Gasteiger partial charge in [0.2, 0.25) is 0 Å². The lowest BCUT2D eigenvalue weighted by molar-refractivity contribution is 0.102. The highest BCUT2D eigenvalue weighted by atomic mass is 16.5. The van der Waals surface area contributed by atoms with Gasteiger partial charge in [0.25, 0.3) is 11.5 Å². The number of ether oxygens (including phenoxy) is 2. The maximum atomic E-state index is 13.2. The molecule has 2 aliphatic heterocycles. The van der Waals surface area contributed by atoms with Crippen molar-refractivity contribution in [3.05, 3.63) is 76.8 Å². The molecule has 0 aromatic heterocycles. The number of hydrogen-bond donors (Lipinski definition) is 1. The number of carbonyl (C=O) groups is 1. The van der Waals surface area contributed by atoms with Gasteiger partial charge < -0.3 is 19.4 Å². The van der Waals surface area contributed by atoms with Gasteiger partial charge in [0.1, 0.15) is 5.69 Å². The molecule has 8 nitrogen and oxygen atoms in total. The fraction of sp³-hybridized carbons (Fsp3) is 0.208. The van der Waals surface area contributed by atoms with Gasteiger partial charge in [0.15, 0.2) is 11.5 Å². The Kier molecular flexibility index (Phi) is 5.93. The van der Waals surface area contributed by atoms with Crippen LogP contribution in [0.2, 0.25) is 0 Å². The molecule has 4 rings (SSSR count). The Morgan fingerprint density at radius 3 is 2.47 bits per heavy atom. The van der Waals surface area contributed by atoms with Crippen LogP contribution in [-0.4, -0.2) is 34.5 Å². The fourth-order valence-corrected chi connectivity index (χ4v) is 3.57. The van der Waals surface area contributed by atoms with Crippen molar-refractivity contribution >= 4 is 11.6 Å². The normalized spacial score (nSPS) is 10.8. The van der Waals surface area contributed by atoms with E-state index in [9.17, 15) is 9.59 Å². The van der Waals surface area contributed by atoms with E-state index in [1.54, 1.807) is 49.8 Å². The summed E-state index contributed by atoms with van der Waals surface area (Å²) in [5.74, 6) is 0.691. The molecule has 2 aromatic rings. The molecule has 0 aliphatic carbocycles. The number of carbonyl (C=O) groups excluding carboxylic acids is 1. The van der Waals surface area contributed by atoms with Gasteiger partial charge in [0.05, 0.1) is 31.0 Å². The number of anilines is 1. The molecule has 0 saturated carbocycles. The molecule has 0 spiro atoms. The van der Waals surface area contributed by atoms with Gasteiger partial charge in [-0.2, -0.15) is 9.78 Å². The summed E-state index contributed by atoms with van der Waals surface area (Å²) < 4.78 is 13.7. The van der Waals surface area contributed by atoms with Crippen molar-refractivity contribution in [2.24, 2.45) is 0 Å². The van der Waals surface area contributed by atoms with Gasteiger partial charge >= 0.3 is 0 Å². The zero-order valence-electron chi connectivity index (χ0n) is 18.2. The second-order valence-corrected chi connectivity index (χ2v) is 7.25. The first kappa shape index (κ1) is 21.2. The topological polar surface area (TPSA) is 87.4 Å². The third-order valence-corrected chi connectivity index (χ3v) is 5.09. The summed E-state index contributed by atoms with van der Waals surface area (Å²) in [6.07, 6.45) is 4.33. The van der Waals surface area contributed by atoms with Crippen molar-refractivity contribution in [1.29, 1.82) is 0 Å². The molecule has 1 N–H and O–H groups in total. The first-order valence-corrected chi connectivity index (χ1v) is 10.3. The predicted octanol–water partition coefficient (Wildman–Crippen LogP) is 3.82. The molecule has 2 heterocycles. The number of para-hydroxylation sites is 1. The van der Waals surface area contributed by atoms with Crippen molar-refractivity contribution in [2.75, 3.05) is 19.5 Å². The molecule has 2 aliphatic rings. The minimum atomic E-state index is -0.370. The molecule has 1 amide bonds. The summed E-state index contributed by atoms with van der Waals surface area (Å²) in [6.45, 7) is 2.70. The van der Waals surface area contributed by atoms with E-state index in [1.807, 2.05) is 29.7 Å². The number of benzene rings is 2. The van der Waals surface area contributed by atoms with E-state index in [1.165, 1.54) is 11.8 Å². The number of aromatic nitrogens is 3. The summed E-state index contributed by atoms with van der Waals surface area (Å²) in [5.41, 5.74) is 1.97. The summed E-state index contributed by atoms with van der Waals surface area (Å²) in [7, 11) is 3.08. The minimum Gasteiger partial charge on any atom is -0.493 e. The molecule has 0 unspecified atom stereocenters. The molecular formula is C24H24N4O4. The van der Waals surface area contributed by atoms with Crippen LogP contribution in [0, 0.1) is 0 Å². The molecule has 32 heavy (non-hydrogen) atoms. The fourth-order valence-electron chi connectivity index (χ4n) is 3.57. The van der Waals surface area contributed by atoms with Crippen LogP contribution >= 0.6 is 0 Å². The number of aryl methyl sites for hydroxylation is 1. The number of pyridine rings is 1. The zero-order valence-corrected chi connectivity index (χ0v) is 18.2. The monoisotopic (exact) mass is 432 g/mol. The Balaban J connectivity index is 1.78. The molecule has 8 heteroatoms. The first-order chi connectivity index (χ1) is 15.5. The maximum absolute atomic E-state index is 13.2. The molecule has 0 radical (unpaired) electrons. The average Bonchev–Trinajstić information content (AvgIpc) is 3.15. The van der Waals surface area contributed by atoms with Crippen molar-refractivity contribution in [3.8, 4) is 28.4 Å². The van der Waals surface area contributed by atoms with E-state index in [-0.39, 0.29) is 11.5 Å². The summed E-state index contributed by atoms with van der Waals surface area (Å²) in [5, 5.41) is 7.37. The smallest absolute Gasteiger partial charge is 0.282 e. The Morgan fingerprint density at radius 1 is 1.03 bits per heavy atom. The summed E-state index contributed by atoms with van der Waals surface area (Å²) in [4.78, 5) is 26.3. The second-order valence-electron chi connectivity index (χ2n) is 7.25. The molecule has 0 bridgehead atoms. The second kappa shape index (κ2) is 8.97. The van der Waals surface area contributed by atoms with Crippen LogP contribution in [0.3, 0.4) is 0 Å². The molecule has 2 aromatic carbocycles. The van der Waals surface area contributed by atoms with Crippen molar-refractivity contribution in [1.82, 2.24) is 14.3 Å². The van der Waals surface area contributed by atoms with Crippen LogP contribution in [-0.2, 0) is 6.54 Å². The van der Waals surface area contributed by atoms with Gasteiger partial charge in [-0.3, -0.25) is 9.59 Å². The number of nitrogens with zero attached hydrogens (tertiary/aromatic N) is 3. The minimum absolute atomic E-state index is 0.267. The first-order valence-electron chi connectivity index (χ1n) is 10.3. The zero-order chi connectivity index (χ0) is 22.7. The van der Waals surface area contributed by atoms with Crippen LogP contribution in [0.1, 0.15) is 23.7 Å².